The molecule has 2 aliphatic rings. The summed E-state index contributed by atoms with van der Waals surface area (Å²) < 4.78 is 13.7. The third-order valence-electron chi connectivity index (χ3n) is 4.79. The lowest BCUT2D eigenvalue weighted by Gasteiger charge is -2.23. The smallest absolute Gasteiger partial charge is 0.226 e. The molecule has 7 heteroatoms. The van der Waals surface area contributed by atoms with Crippen LogP contribution in [0.15, 0.2) is 29.3 Å². The summed E-state index contributed by atoms with van der Waals surface area (Å²) in [6.07, 6.45) is 5.21. The van der Waals surface area contributed by atoms with Crippen molar-refractivity contribution in [1.29, 1.82) is 0 Å². The summed E-state index contributed by atoms with van der Waals surface area (Å²) in [5.41, 5.74) is 0.239. The number of benzene rings is 1. The van der Waals surface area contributed by atoms with Crippen LogP contribution in [0.2, 0.25) is 0 Å². The quantitative estimate of drug-likeness (QED) is 0.839. The SMILES string of the molecule is CC1SC(=NC2CCCC2)N(C)C1CC(=O)Nc1ccccc1F.Cl. The van der Waals surface area contributed by atoms with Gasteiger partial charge in [-0.2, -0.15) is 0 Å². The second-order valence-corrected chi connectivity index (χ2v) is 7.93. The zero-order valence-corrected chi connectivity index (χ0v) is 16.2. The Morgan fingerprint density at radius 2 is 2.04 bits per heavy atom. The van der Waals surface area contributed by atoms with Gasteiger partial charge in [-0.3, -0.25) is 9.79 Å². The second-order valence-electron chi connectivity index (χ2n) is 6.58. The number of hydrogen-bond donors (Lipinski definition) is 1. The standard InChI is InChI=1S/C18H24FN3OS.ClH/c1-12-16(11-17(23)21-15-10-6-5-9-14(15)19)22(2)18(24-12)20-13-7-3-4-8-13;/h5-6,9-10,12-13,16H,3-4,7-8,11H2,1-2H3,(H,21,23);1H. The number of para-hydroxylation sites is 1. The first-order valence-electron chi connectivity index (χ1n) is 8.56. The lowest BCUT2D eigenvalue weighted by Crippen LogP contribution is -2.36. The van der Waals surface area contributed by atoms with Gasteiger partial charge >= 0.3 is 0 Å². The molecule has 1 saturated heterocycles. The van der Waals surface area contributed by atoms with E-state index in [1.54, 1.807) is 30.0 Å². The first-order valence-corrected chi connectivity index (χ1v) is 9.44. The number of amides is 1. The van der Waals surface area contributed by atoms with Gasteiger partial charge in [0.1, 0.15) is 5.82 Å². The highest BCUT2D eigenvalue weighted by atomic mass is 35.5. The Balaban J connectivity index is 0.00000225. The van der Waals surface area contributed by atoms with Crippen molar-refractivity contribution in [1.82, 2.24) is 4.90 Å². The molecule has 138 valence electrons. The van der Waals surface area contributed by atoms with Crippen molar-refractivity contribution in [3.8, 4) is 0 Å². The molecule has 4 nitrogen and oxygen atoms in total. The maximum atomic E-state index is 13.7. The predicted molar refractivity (Wildman–Crippen MR) is 105 cm³/mol. The summed E-state index contributed by atoms with van der Waals surface area (Å²) in [4.78, 5) is 19.3. The minimum atomic E-state index is -0.406. The number of amidine groups is 1. The molecule has 2 fully saturated rings. The molecule has 1 heterocycles. The van der Waals surface area contributed by atoms with E-state index in [0.29, 0.717) is 17.7 Å². The first kappa shape index (κ1) is 20.0. The van der Waals surface area contributed by atoms with E-state index in [-0.39, 0.29) is 30.0 Å². The summed E-state index contributed by atoms with van der Waals surface area (Å²) in [5, 5.41) is 4.01. The molecule has 0 spiro atoms. The van der Waals surface area contributed by atoms with Gasteiger partial charge in [-0.05, 0) is 25.0 Å². The Morgan fingerprint density at radius 1 is 1.36 bits per heavy atom. The Kier molecular flexibility index (Phi) is 7.14. The van der Waals surface area contributed by atoms with E-state index in [2.05, 4.69) is 17.1 Å². The van der Waals surface area contributed by atoms with Crippen LogP contribution in [0.1, 0.15) is 39.0 Å². The predicted octanol–water partition coefficient (Wildman–Crippen LogP) is 4.31. The average molecular weight is 386 g/mol. The van der Waals surface area contributed by atoms with Crippen molar-refractivity contribution < 1.29 is 9.18 Å². The van der Waals surface area contributed by atoms with Gasteiger partial charge in [-0.25, -0.2) is 4.39 Å². The van der Waals surface area contributed by atoms with Gasteiger partial charge in [0.2, 0.25) is 5.91 Å². The first-order chi connectivity index (χ1) is 11.5. The lowest BCUT2D eigenvalue weighted by atomic mass is 10.1. The summed E-state index contributed by atoms with van der Waals surface area (Å²) in [6, 6.07) is 6.78. The van der Waals surface area contributed by atoms with Crippen molar-refractivity contribution in [2.24, 2.45) is 4.99 Å². The zero-order valence-electron chi connectivity index (χ0n) is 14.6. The maximum absolute atomic E-state index is 13.7. The van der Waals surface area contributed by atoms with Crippen LogP contribution < -0.4 is 5.32 Å². The fourth-order valence-corrected chi connectivity index (χ4v) is 4.63. The van der Waals surface area contributed by atoms with Gasteiger partial charge in [0.05, 0.1) is 17.8 Å². The molecule has 1 amide bonds. The van der Waals surface area contributed by atoms with E-state index in [1.807, 2.05) is 7.05 Å². The van der Waals surface area contributed by atoms with Gasteiger partial charge in [0.15, 0.2) is 5.17 Å². The number of aliphatic imine (C=N–C) groups is 1. The van der Waals surface area contributed by atoms with Crippen LogP contribution in [-0.4, -0.2) is 40.4 Å². The molecule has 1 saturated carbocycles. The Labute approximate surface area is 159 Å². The fourth-order valence-electron chi connectivity index (χ4n) is 3.35. The molecular weight excluding hydrogens is 361 g/mol. The molecule has 0 bridgehead atoms. The molecule has 25 heavy (non-hydrogen) atoms. The molecule has 1 aliphatic heterocycles. The Morgan fingerprint density at radius 3 is 2.72 bits per heavy atom. The number of carbonyl (C=O) groups excluding carboxylic acids is 1. The molecule has 3 rings (SSSR count). The number of hydrogen-bond acceptors (Lipinski definition) is 3. The highest BCUT2D eigenvalue weighted by Gasteiger charge is 2.36. The monoisotopic (exact) mass is 385 g/mol. The number of carbonyl (C=O) groups is 1. The molecule has 2 atom stereocenters. The van der Waals surface area contributed by atoms with Gasteiger partial charge in [0.25, 0.3) is 0 Å². The van der Waals surface area contributed by atoms with Crippen LogP contribution in [0.3, 0.4) is 0 Å². The van der Waals surface area contributed by atoms with Crippen molar-refractivity contribution in [2.45, 2.75) is 56.4 Å². The van der Waals surface area contributed by atoms with E-state index < -0.39 is 5.82 Å². The highest BCUT2D eigenvalue weighted by Crippen LogP contribution is 2.34. The maximum Gasteiger partial charge on any atom is 0.226 e. The van der Waals surface area contributed by atoms with Crippen LogP contribution in [0.4, 0.5) is 10.1 Å². The number of nitrogens with zero attached hydrogens (tertiary/aromatic N) is 2. The van der Waals surface area contributed by atoms with Crippen molar-refractivity contribution in [3.05, 3.63) is 30.1 Å². The summed E-state index contributed by atoms with van der Waals surface area (Å²) >= 11 is 1.74. The Bertz CT molecular complexity index is 637. The number of anilines is 1. The molecule has 1 aliphatic carbocycles. The molecule has 1 N–H and O–H groups in total. The normalized spacial score (nSPS) is 25.2. The third kappa shape index (κ3) is 4.88. The van der Waals surface area contributed by atoms with Gasteiger partial charge in [0, 0.05) is 18.7 Å². The average Bonchev–Trinajstić information content (AvgIpc) is 3.14. The molecule has 2 unspecified atom stereocenters. The lowest BCUT2D eigenvalue weighted by molar-refractivity contribution is -0.117. The van der Waals surface area contributed by atoms with Crippen LogP contribution in [-0.2, 0) is 4.79 Å². The second kappa shape index (κ2) is 8.90. The molecular formula is C18H25ClFN3OS. The highest BCUT2D eigenvalue weighted by molar-refractivity contribution is 8.14. The summed E-state index contributed by atoms with van der Waals surface area (Å²) in [5.74, 6) is -0.567. The molecule has 1 aromatic carbocycles. The minimum Gasteiger partial charge on any atom is -0.350 e. The van der Waals surface area contributed by atoms with Crippen molar-refractivity contribution in [2.75, 3.05) is 12.4 Å². The van der Waals surface area contributed by atoms with Crippen LogP contribution in [0.25, 0.3) is 0 Å². The Hall–Kier alpha value is -1.27. The van der Waals surface area contributed by atoms with E-state index in [4.69, 9.17) is 4.99 Å². The van der Waals surface area contributed by atoms with Crippen LogP contribution in [0.5, 0.6) is 0 Å². The van der Waals surface area contributed by atoms with Crippen molar-refractivity contribution >= 4 is 40.9 Å². The van der Waals surface area contributed by atoms with E-state index in [9.17, 15) is 9.18 Å². The topological polar surface area (TPSA) is 44.7 Å². The third-order valence-corrected chi connectivity index (χ3v) is 6.08. The number of rotatable bonds is 4. The van der Waals surface area contributed by atoms with Crippen LogP contribution in [0, 0.1) is 5.82 Å². The molecule has 0 aromatic heterocycles. The number of nitrogens with one attached hydrogen (secondary N) is 1. The summed E-state index contributed by atoms with van der Waals surface area (Å²) in [7, 11) is 2.01. The largest absolute Gasteiger partial charge is 0.350 e. The van der Waals surface area contributed by atoms with Gasteiger partial charge < -0.3 is 10.2 Å². The van der Waals surface area contributed by atoms with Gasteiger partial charge in [-0.1, -0.05) is 43.7 Å². The van der Waals surface area contributed by atoms with E-state index in [1.165, 1.54) is 31.7 Å². The number of thioether (sulfide) groups is 1. The summed E-state index contributed by atoms with van der Waals surface area (Å²) in [6.45, 7) is 2.12. The molecule has 1 aromatic rings. The fraction of sp³-hybridized carbons (Fsp3) is 0.556. The molecule has 0 radical (unpaired) electrons. The minimum absolute atomic E-state index is 0. The van der Waals surface area contributed by atoms with Gasteiger partial charge in [-0.15, -0.1) is 12.4 Å². The zero-order chi connectivity index (χ0) is 17.1. The van der Waals surface area contributed by atoms with E-state index >= 15 is 0 Å². The van der Waals surface area contributed by atoms with Crippen LogP contribution >= 0.6 is 24.2 Å². The van der Waals surface area contributed by atoms with E-state index in [0.717, 1.165) is 5.17 Å². The number of halogens is 2. The van der Waals surface area contributed by atoms with Crippen molar-refractivity contribution in [3.63, 3.8) is 0 Å².